The van der Waals surface area contributed by atoms with Gasteiger partial charge in [-0.15, -0.1) is 0 Å². The molecule has 1 nitrogen and oxygen atoms in total. The van der Waals surface area contributed by atoms with Gasteiger partial charge in [0.25, 0.3) is 0 Å². The normalized spacial score (nSPS) is 13.9. The average Bonchev–Trinajstić information content (AvgIpc) is 2.80. The molecule has 0 radical (unpaired) electrons. The largest absolute Gasteiger partial charge is 0.340 e. The maximum absolute atomic E-state index is 3.64. The summed E-state index contributed by atoms with van der Waals surface area (Å²) in [4.78, 5) is 0. The lowest BCUT2D eigenvalue weighted by Crippen LogP contribution is -2.08. The molecule has 100 valence electrons. The van der Waals surface area contributed by atoms with Crippen LogP contribution in [0.1, 0.15) is 17.5 Å². The predicted molar refractivity (Wildman–Crippen MR) is 88.1 cm³/mol. The van der Waals surface area contributed by atoms with Crippen LogP contribution in [0.2, 0.25) is 0 Å². The van der Waals surface area contributed by atoms with Crippen molar-refractivity contribution in [2.45, 2.75) is 26.3 Å². The molecule has 4 rings (SSSR count). The van der Waals surface area contributed by atoms with E-state index in [4.69, 9.17) is 0 Å². The van der Waals surface area contributed by atoms with Gasteiger partial charge >= 0.3 is 0 Å². The van der Waals surface area contributed by atoms with Gasteiger partial charge in [0, 0.05) is 22.1 Å². The smallest absolute Gasteiger partial charge is 0.0518 e. The van der Waals surface area contributed by atoms with Crippen molar-refractivity contribution in [3.63, 3.8) is 0 Å². The van der Waals surface area contributed by atoms with Crippen LogP contribution in [0.25, 0.3) is 22.2 Å². The Morgan fingerprint density at radius 1 is 1.05 bits per heavy atom. The number of benzene rings is 2. The van der Waals surface area contributed by atoms with Crippen LogP contribution < -0.4 is 0 Å². The summed E-state index contributed by atoms with van der Waals surface area (Å²) < 4.78 is 3.68. The van der Waals surface area contributed by atoms with Gasteiger partial charge in [0.05, 0.1) is 5.52 Å². The zero-order chi connectivity index (χ0) is 13.7. The molecule has 0 unspecified atom stereocenters. The van der Waals surface area contributed by atoms with Crippen molar-refractivity contribution in [3.8, 4) is 11.3 Å². The van der Waals surface area contributed by atoms with E-state index in [2.05, 4.69) is 69.9 Å². The predicted octanol–water partition coefficient (Wildman–Crippen LogP) is 5.33. The van der Waals surface area contributed by atoms with Gasteiger partial charge in [-0.2, -0.15) is 0 Å². The molecule has 2 aromatic carbocycles. The molecule has 0 fully saturated rings. The Morgan fingerprint density at radius 3 is 2.65 bits per heavy atom. The summed E-state index contributed by atoms with van der Waals surface area (Å²) in [5.74, 6) is 0. The van der Waals surface area contributed by atoms with E-state index in [0.717, 1.165) is 6.54 Å². The van der Waals surface area contributed by atoms with E-state index in [1.165, 1.54) is 50.6 Å². The van der Waals surface area contributed by atoms with Crippen LogP contribution in [0.15, 0.2) is 46.9 Å². The quantitative estimate of drug-likeness (QED) is 0.570. The minimum atomic E-state index is 1.13. The summed E-state index contributed by atoms with van der Waals surface area (Å²) in [6.07, 6.45) is 2.42. The van der Waals surface area contributed by atoms with E-state index in [1.807, 2.05) is 0 Å². The molecule has 20 heavy (non-hydrogen) atoms. The summed E-state index contributed by atoms with van der Waals surface area (Å²) in [6.45, 7) is 3.26. The molecule has 2 heteroatoms. The van der Waals surface area contributed by atoms with Crippen LogP contribution in [0.3, 0.4) is 0 Å². The van der Waals surface area contributed by atoms with Gasteiger partial charge in [0.1, 0.15) is 0 Å². The first-order valence-corrected chi connectivity index (χ1v) is 7.90. The molecule has 0 spiro atoms. The third-order valence-corrected chi connectivity index (χ3v) is 4.67. The minimum absolute atomic E-state index is 1.13. The second-order valence-corrected chi connectivity index (χ2v) is 6.57. The number of hydrogen-bond acceptors (Lipinski definition) is 0. The Bertz CT molecular complexity index is 796. The Labute approximate surface area is 127 Å². The van der Waals surface area contributed by atoms with Gasteiger partial charge < -0.3 is 4.57 Å². The standard InChI is InChI=1S/C18H16BrN/c1-12-4-6-13(7-5-12)17-11-15-10-16(19)9-14-3-2-8-20(17)18(14)15/h4-7,9-11H,2-3,8H2,1H3. The van der Waals surface area contributed by atoms with Crippen molar-refractivity contribution in [2.75, 3.05) is 0 Å². The van der Waals surface area contributed by atoms with Gasteiger partial charge in [-0.05, 0) is 49.1 Å². The minimum Gasteiger partial charge on any atom is -0.340 e. The molecule has 3 aromatic rings. The fourth-order valence-electron chi connectivity index (χ4n) is 3.28. The lowest BCUT2D eigenvalue weighted by molar-refractivity contribution is 0.640. The van der Waals surface area contributed by atoms with Crippen LogP contribution in [0.5, 0.6) is 0 Å². The molecule has 2 heterocycles. The zero-order valence-electron chi connectivity index (χ0n) is 11.5. The van der Waals surface area contributed by atoms with E-state index in [-0.39, 0.29) is 0 Å². The maximum Gasteiger partial charge on any atom is 0.0518 e. The molecule has 0 N–H and O–H groups in total. The highest BCUT2D eigenvalue weighted by Gasteiger charge is 2.17. The van der Waals surface area contributed by atoms with Crippen molar-refractivity contribution in [2.24, 2.45) is 0 Å². The van der Waals surface area contributed by atoms with Crippen LogP contribution >= 0.6 is 15.9 Å². The third kappa shape index (κ3) is 1.82. The molecular formula is C18H16BrN. The number of aromatic nitrogens is 1. The van der Waals surface area contributed by atoms with Crippen molar-refractivity contribution in [1.82, 2.24) is 4.57 Å². The van der Waals surface area contributed by atoms with Crippen LogP contribution in [-0.4, -0.2) is 4.57 Å². The van der Waals surface area contributed by atoms with Gasteiger partial charge in [-0.1, -0.05) is 45.8 Å². The number of hydrogen-bond donors (Lipinski definition) is 0. The van der Waals surface area contributed by atoms with Crippen molar-refractivity contribution < 1.29 is 0 Å². The van der Waals surface area contributed by atoms with E-state index in [0.29, 0.717) is 0 Å². The zero-order valence-corrected chi connectivity index (χ0v) is 13.1. The lowest BCUT2D eigenvalue weighted by Gasteiger charge is -2.18. The van der Waals surface area contributed by atoms with Gasteiger partial charge in [-0.25, -0.2) is 0 Å². The van der Waals surface area contributed by atoms with E-state index >= 15 is 0 Å². The Balaban J connectivity index is 2.02. The monoisotopic (exact) mass is 325 g/mol. The SMILES string of the molecule is Cc1ccc(-c2cc3cc(Br)cc4c3n2CCC4)cc1. The first kappa shape index (κ1) is 12.2. The lowest BCUT2D eigenvalue weighted by atomic mass is 10.0. The number of rotatable bonds is 1. The topological polar surface area (TPSA) is 4.93 Å². The molecule has 1 aliphatic rings. The molecule has 0 saturated heterocycles. The van der Waals surface area contributed by atoms with E-state index in [1.54, 1.807) is 0 Å². The first-order valence-electron chi connectivity index (χ1n) is 7.11. The number of halogens is 1. The summed E-state index contributed by atoms with van der Waals surface area (Å²) >= 11 is 3.64. The Hall–Kier alpha value is -1.54. The van der Waals surface area contributed by atoms with Gasteiger partial charge in [-0.3, -0.25) is 0 Å². The third-order valence-electron chi connectivity index (χ3n) is 4.21. The molecule has 1 aliphatic heterocycles. The molecule has 0 bridgehead atoms. The summed E-state index contributed by atoms with van der Waals surface area (Å²) in [6, 6.07) is 15.7. The Morgan fingerprint density at radius 2 is 1.85 bits per heavy atom. The molecule has 0 amide bonds. The Kier molecular flexibility index (Phi) is 2.74. The molecule has 1 aromatic heterocycles. The molecular weight excluding hydrogens is 310 g/mol. The maximum atomic E-state index is 3.64. The molecule has 0 saturated carbocycles. The highest BCUT2D eigenvalue weighted by atomic mass is 79.9. The molecule has 0 atom stereocenters. The molecule has 0 aliphatic carbocycles. The summed E-state index contributed by atoms with van der Waals surface area (Å²) in [7, 11) is 0. The van der Waals surface area contributed by atoms with Gasteiger partial charge in [0.15, 0.2) is 0 Å². The van der Waals surface area contributed by atoms with Crippen molar-refractivity contribution >= 4 is 26.8 Å². The highest BCUT2D eigenvalue weighted by molar-refractivity contribution is 9.10. The van der Waals surface area contributed by atoms with Crippen LogP contribution in [-0.2, 0) is 13.0 Å². The average molecular weight is 326 g/mol. The van der Waals surface area contributed by atoms with E-state index < -0.39 is 0 Å². The summed E-state index contributed by atoms with van der Waals surface area (Å²) in [5, 5.41) is 1.35. The van der Waals surface area contributed by atoms with E-state index in [9.17, 15) is 0 Å². The second-order valence-electron chi connectivity index (χ2n) is 5.65. The number of nitrogens with zero attached hydrogens (tertiary/aromatic N) is 1. The van der Waals surface area contributed by atoms with Crippen molar-refractivity contribution in [1.29, 1.82) is 0 Å². The van der Waals surface area contributed by atoms with Crippen LogP contribution in [0.4, 0.5) is 0 Å². The van der Waals surface area contributed by atoms with Gasteiger partial charge in [0.2, 0.25) is 0 Å². The summed E-state index contributed by atoms with van der Waals surface area (Å²) in [5.41, 5.74) is 6.87. The van der Waals surface area contributed by atoms with Crippen LogP contribution in [0, 0.1) is 6.92 Å². The fourth-order valence-corrected chi connectivity index (χ4v) is 3.80. The fraction of sp³-hybridized carbons (Fsp3) is 0.222. The number of aryl methyl sites for hydroxylation is 3. The first-order chi connectivity index (χ1) is 9.72. The highest BCUT2D eigenvalue weighted by Crippen LogP contribution is 2.35. The second kappa shape index (κ2) is 4.49. The van der Waals surface area contributed by atoms with Crippen molar-refractivity contribution in [3.05, 3.63) is 58.1 Å².